The number of sulfonamides is 1. The first-order chi connectivity index (χ1) is 6.14. The molecule has 1 N–H and O–H groups in total. The summed E-state index contributed by atoms with van der Waals surface area (Å²) in [4.78, 5) is 0. The Morgan fingerprint density at radius 1 is 1.54 bits per heavy atom. The Labute approximate surface area is 79.7 Å². The maximum atomic E-state index is 11.1. The van der Waals surface area contributed by atoms with Crippen molar-refractivity contribution in [3.63, 3.8) is 0 Å². The first-order valence-corrected chi connectivity index (χ1v) is 6.34. The van der Waals surface area contributed by atoms with Gasteiger partial charge < -0.3 is 4.74 Å². The van der Waals surface area contributed by atoms with E-state index >= 15 is 0 Å². The summed E-state index contributed by atoms with van der Waals surface area (Å²) in [6.07, 6.45) is 2.10. The third-order valence-corrected chi connectivity index (χ3v) is 3.59. The van der Waals surface area contributed by atoms with Crippen LogP contribution in [0.25, 0.3) is 0 Å². The molecule has 0 aromatic heterocycles. The monoisotopic (exact) mass is 207 g/mol. The molecule has 13 heavy (non-hydrogen) atoms. The van der Waals surface area contributed by atoms with Gasteiger partial charge in [-0.3, -0.25) is 0 Å². The first-order valence-electron chi connectivity index (χ1n) is 4.69. The molecule has 0 radical (unpaired) electrons. The molecule has 0 spiro atoms. The van der Waals surface area contributed by atoms with Crippen LogP contribution in [-0.4, -0.2) is 33.9 Å². The van der Waals surface area contributed by atoms with Crippen LogP contribution >= 0.6 is 0 Å². The van der Waals surface area contributed by atoms with Crippen molar-refractivity contribution in [1.29, 1.82) is 0 Å². The van der Waals surface area contributed by atoms with Crippen LogP contribution in [0, 0.1) is 5.92 Å². The molecule has 1 unspecified atom stereocenters. The van der Waals surface area contributed by atoms with Gasteiger partial charge in [0.05, 0.1) is 12.4 Å². The highest BCUT2D eigenvalue weighted by Crippen LogP contribution is 2.12. The minimum Gasteiger partial charge on any atom is -0.381 e. The van der Waals surface area contributed by atoms with E-state index in [1.165, 1.54) is 0 Å². The average Bonchev–Trinajstić information content (AvgIpc) is 2.17. The Bertz CT molecular complexity index is 232. The number of rotatable bonds is 4. The Morgan fingerprint density at radius 3 is 2.85 bits per heavy atom. The molecule has 0 aliphatic carbocycles. The van der Waals surface area contributed by atoms with Crippen molar-refractivity contribution in [2.75, 3.05) is 25.5 Å². The first kappa shape index (κ1) is 10.9. The van der Waals surface area contributed by atoms with Gasteiger partial charge in [-0.2, -0.15) is 0 Å². The third kappa shape index (κ3) is 4.06. The van der Waals surface area contributed by atoms with Gasteiger partial charge in [-0.15, -0.1) is 0 Å². The quantitative estimate of drug-likeness (QED) is 0.724. The molecule has 1 atom stereocenters. The molecular formula is C8H17NO3S. The molecule has 0 aromatic carbocycles. The summed E-state index contributed by atoms with van der Waals surface area (Å²) >= 11 is 0. The lowest BCUT2D eigenvalue weighted by atomic mass is 10.0. The average molecular weight is 207 g/mol. The normalized spacial score (nSPS) is 24.5. The Kier molecular flexibility index (Phi) is 4.15. The number of nitrogens with one attached hydrogen (secondary N) is 1. The minimum atomic E-state index is -3.02. The zero-order chi connectivity index (χ0) is 9.73. The number of hydrogen-bond donors (Lipinski definition) is 1. The molecule has 1 aliphatic rings. The van der Waals surface area contributed by atoms with E-state index in [9.17, 15) is 8.42 Å². The van der Waals surface area contributed by atoms with Crippen molar-refractivity contribution in [2.24, 2.45) is 5.92 Å². The van der Waals surface area contributed by atoms with Gasteiger partial charge >= 0.3 is 0 Å². The van der Waals surface area contributed by atoms with Crippen LogP contribution in [0.3, 0.4) is 0 Å². The highest BCUT2D eigenvalue weighted by molar-refractivity contribution is 7.89. The van der Waals surface area contributed by atoms with E-state index in [1.807, 2.05) is 0 Å². The van der Waals surface area contributed by atoms with Gasteiger partial charge in [0, 0.05) is 13.2 Å². The van der Waals surface area contributed by atoms with Crippen molar-refractivity contribution in [2.45, 2.75) is 19.8 Å². The van der Waals surface area contributed by atoms with Crippen molar-refractivity contribution >= 4 is 10.0 Å². The van der Waals surface area contributed by atoms with Gasteiger partial charge in [-0.25, -0.2) is 13.1 Å². The van der Waals surface area contributed by atoms with E-state index in [1.54, 1.807) is 6.92 Å². The maximum Gasteiger partial charge on any atom is 0.211 e. The summed E-state index contributed by atoms with van der Waals surface area (Å²) in [5, 5.41) is 0. The van der Waals surface area contributed by atoms with Crippen LogP contribution in [-0.2, 0) is 14.8 Å². The van der Waals surface area contributed by atoms with Crippen LogP contribution in [0.5, 0.6) is 0 Å². The van der Waals surface area contributed by atoms with E-state index in [-0.39, 0.29) is 5.75 Å². The maximum absolute atomic E-state index is 11.1. The molecule has 0 aromatic rings. The highest BCUT2D eigenvalue weighted by Gasteiger charge is 2.16. The molecule has 1 heterocycles. The van der Waals surface area contributed by atoms with Gasteiger partial charge in [0.25, 0.3) is 0 Å². The molecule has 1 fully saturated rings. The second-order valence-corrected chi connectivity index (χ2v) is 5.43. The van der Waals surface area contributed by atoms with Crippen molar-refractivity contribution in [3.05, 3.63) is 0 Å². The lowest BCUT2D eigenvalue weighted by Crippen LogP contribution is -2.34. The molecule has 5 heteroatoms. The summed E-state index contributed by atoms with van der Waals surface area (Å²) in [5.41, 5.74) is 0. The van der Waals surface area contributed by atoms with E-state index in [4.69, 9.17) is 4.74 Å². The summed E-state index contributed by atoms with van der Waals surface area (Å²) in [7, 11) is -3.02. The molecule has 1 saturated heterocycles. The Morgan fingerprint density at radius 2 is 2.31 bits per heavy atom. The van der Waals surface area contributed by atoms with E-state index in [2.05, 4.69) is 4.72 Å². The molecule has 0 bridgehead atoms. The number of hydrogen-bond acceptors (Lipinski definition) is 3. The predicted octanol–water partition coefficient (Wildman–Crippen LogP) is 0.352. The lowest BCUT2D eigenvalue weighted by molar-refractivity contribution is 0.0568. The van der Waals surface area contributed by atoms with Crippen LogP contribution in [0.4, 0.5) is 0 Å². The largest absolute Gasteiger partial charge is 0.381 e. The van der Waals surface area contributed by atoms with Crippen LogP contribution < -0.4 is 4.72 Å². The third-order valence-electron chi connectivity index (χ3n) is 2.23. The van der Waals surface area contributed by atoms with Gasteiger partial charge in [-0.05, 0) is 25.7 Å². The summed E-state index contributed by atoms with van der Waals surface area (Å²) in [6.45, 7) is 3.67. The fraction of sp³-hybridized carbons (Fsp3) is 1.00. The van der Waals surface area contributed by atoms with Gasteiger partial charge in [0.1, 0.15) is 0 Å². The minimum absolute atomic E-state index is 0.153. The predicted molar refractivity (Wildman–Crippen MR) is 51.0 cm³/mol. The molecule has 1 rings (SSSR count). The summed E-state index contributed by atoms with van der Waals surface area (Å²) in [5.74, 6) is 0.510. The van der Waals surface area contributed by atoms with Crippen molar-refractivity contribution in [1.82, 2.24) is 4.72 Å². The Hall–Kier alpha value is -0.130. The van der Waals surface area contributed by atoms with Gasteiger partial charge in [-0.1, -0.05) is 0 Å². The number of ether oxygens (including phenoxy) is 1. The van der Waals surface area contributed by atoms with E-state index < -0.39 is 10.0 Å². The topological polar surface area (TPSA) is 55.4 Å². The van der Waals surface area contributed by atoms with Crippen LogP contribution in [0.1, 0.15) is 19.8 Å². The zero-order valence-corrected chi connectivity index (χ0v) is 8.77. The van der Waals surface area contributed by atoms with Gasteiger partial charge in [0.15, 0.2) is 0 Å². The second kappa shape index (κ2) is 4.93. The molecule has 0 amide bonds. The summed E-state index contributed by atoms with van der Waals surface area (Å²) < 4.78 is 30.0. The van der Waals surface area contributed by atoms with Crippen LogP contribution in [0.15, 0.2) is 0 Å². The highest BCUT2D eigenvalue weighted by atomic mass is 32.2. The standard InChI is InChI=1S/C8H17NO3S/c1-2-13(10,11)9-6-8-4-3-5-12-7-8/h8-9H,2-7H2,1H3. The fourth-order valence-electron chi connectivity index (χ4n) is 1.32. The smallest absolute Gasteiger partial charge is 0.211 e. The van der Waals surface area contributed by atoms with Crippen LogP contribution in [0.2, 0.25) is 0 Å². The van der Waals surface area contributed by atoms with E-state index in [0.717, 1.165) is 19.4 Å². The fourth-order valence-corrected chi connectivity index (χ4v) is 2.01. The SMILES string of the molecule is CCS(=O)(=O)NCC1CCCOC1. The molecule has 4 nitrogen and oxygen atoms in total. The molecule has 1 aliphatic heterocycles. The zero-order valence-electron chi connectivity index (χ0n) is 7.95. The van der Waals surface area contributed by atoms with Crippen molar-refractivity contribution in [3.8, 4) is 0 Å². The Balaban J connectivity index is 2.25. The van der Waals surface area contributed by atoms with Crippen molar-refractivity contribution < 1.29 is 13.2 Å². The summed E-state index contributed by atoms with van der Waals surface area (Å²) in [6, 6.07) is 0. The van der Waals surface area contributed by atoms with E-state index in [0.29, 0.717) is 19.1 Å². The molecular weight excluding hydrogens is 190 g/mol. The lowest BCUT2D eigenvalue weighted by Gasteiger charge is -2.21. The van der Waals surface area contributed by atoms with Gasteiger partial charge in [0.2, 0.25) is 10.0 Å². The molecule has 0 saturated carbocycles. The second-order valence-electron chi connectivity index (χ2n) is 3.34. The molecule has 78 valence electrons.